The number of ether oxygens (including phenoxy) is 1. The zero-order valence-electron chi connectivity index (χ0n) is 7.15. The molecule has 0 radical (unpaired) electrons. The van der Waals surface area contributed by atoms with E-state index in [1.165, 1.54) is 6.07 Å². The molecule has 0 aliphatic rings. The summed E-state index contributed by atoms with van der Waals surface area (Å²) in [7, 11) is 0. The molecule has 6 heteroatoms. The van der Waals surface area contributed by atoms with Crippen molar-refractivity contribution in [1.29, 1.82) is 0 Å². The number of hydrogen-bond acceptors (Lipinski definition) is 2. The van der Waals surface area contributed by atoms with Gasteiger partial charge in [-0.1, -0.05) is 11.6 Å². The average Bonchev–Trinajstić information content (AvgIpc) is 1.96. The molecule has 0 aliphatic heterocycles. The highest BCUT2D eigenvalue weighted by Gasteiger charge is 2.31. The van der Waals surface area contributed by atoms with Crippen molar-refractivity contribution in [2.75, 3.05) is 5.73 Å². The molecule has 0 bridgehead atoms. The Morgan fingerprint density at radius 3 is 2.36 bits per heavy atom. The lowest BCUT2D eigenvalue weighted by molar-refractivity contribution is -0.274. The SMILES string of the molecule is Cc1cc(OC(F)(F)F)cc(Cl)c1N. The van der Waals surface area contributed by atoms with E-state index >= 15 is 0 Å². The van der Waals surface area contributed by atoms with Gasteiger partial charge in [-0.3, -0.25) is 0 Å². The third-order valence-corrected chi connectivity index (χ3v) is 1.86. The van der Waals surface area contributed by atoms with Gasteiger partial charge in [-0.25, -0.2) is 0 Å². The predicted molar refractivity (Wildman–Crippen MR) is 47.3 cm³/mol. The highest BCUT2D eigenvalue weighted by Crippen LogP contribution is 2.31. The molecule has 78 valence electrons. The van der Waals surface area contributed by atoms with E-state index in [0.29, 0.717) is 5.56 Å². The van der Waals surface area contributed by atoms with E-state index in [-0.39, 0.29) is 16.5 Å². The summed E-state index contributed by atoms with van der Waals surface area (Å²) < 4.78 is 39.1. The fourth-order valence-corrected chi connectivity index (χ4v) is 1.17. The Morgan fingerprint density at radius 1 is 1.36 bits per heavy atom. The number of hydrogen-bond donors (Lipinski definition) is 1. The normalized spacial score (nSPS) is 11.5. The maximum absolute atomic E-state index is 11.8. The third kappa shape index (κ3) is 2.70. The van der Waals surface area contributed by atoms with Crippen molar-refractivity contribution in [2.45, 2.75) is 13.3 Å². The van der Waals surface area contributed by atoms with E-state index in [2.05, 4.69) is 4.74 Å². The van der Waals surface area contributed by atoms with Gasteiger partial charge in [-0.2, -0.15) is 0 Å². The van der Waals surface area contributed by atoms with Crippen LogP contribution in [-0.2, 0) is 0 Å². The van der Waals surface area contributed by atoms with Gasteiger partial charge in [0, 0.05) is 6.07 Å². The first-order valence-electron chi connectivity index (χ1n) is 3.61. The second-order valence-electron chi connectivity index (χ2n) is 2.68. The molecular weight excluding hydrogens is 219 g/mol. The molecule has 14 heavy (non-hydrogen) atoms. The lowest BCUT2D eigenvalue weighted by Gasteiger charge is -2.11. The molecule has 2 nitrogen and oxygen atoms in total. The molecule has 2 N–H and O–H groups in total. The average molecular weight is 226 g/mol. The fraction of sp³-hybridized carbons (Fsp3) is 0.250. The van der Waals surface area contributed by atoms with Crippen LogP contribution in [0.4, 0.5) is 18.9 Å². The molecule has 0 atom stereocenters. The van der Waals surface area contributed by atoms with Gasteiger partial charge in [0.05, 0.1) is 10.7 Å². The maximum atomic E-state index is 11.8. The summed E-state index contributed by atoms with van der Waals surface area (Å²) in [5, 5.41) is 0.0456. The Hall–Kier alpha value is -1.10. The van der Waals surface area contributed by atoms with E-state index in [0.717, 1.165) is 6.07 Å². The molecule has 0 fully saturated rings. The molecule has 1 aromatic rings. The van der Waals surface area contributed by atoms with Crippen LogP contribution in [0.2, 0.25) is 5.02 Å². The second-order valence-corrected chi connectivity index (χ2v) is 3.09. The molecule has 0 saturated heterocycles. The van der Waals surface area contributed by atoms with Gasteiger partial charge in [0.1, 0.15) is 5.75 Å². The first-order chi connectivity index (χ1) is 6.29. The van der Waals surface area contributed by atoms with Gasteiger partial charge in [-0.05, 0) is 18.6 Å². The minimum Gasteiger partial charge on any atom is -0.406 e. The van der Waals surface area contributed by atoms with E-state index in [1.807, 2.05) is 0 Å². The largest absolute Gasteiger partial charge is 0.573 e. The molecular formula is C8H7ClF3NO. The van der Waals surface area contributed by atoms with Crippen LogP contribution in [0.3, 0.4) is 0 Å². The Kier molecular flexibility index (Phi) is 2.80. The lowest BCUT2D eigenvalue weighted by atomic mass is 10.2. The van der Waals surface area contributed by atoms with E-state index < -0.39 is 6.36 Å². The number of halogens is 4. The molecule has 0 spiro atoms. The zero-order valence-corrected chi connectivity index (χ0v) is 7.91. The van der Waals surface area contributed by atoms with Crippen molar-refractivity contribution in [3.63, 3.8) is 0 Å². The summed E-state index contributed by atoms with van der Waals surface area (Å²) >= 11 is 5.58. The van der Waals surface area contributed by atoms with Crippen LogP contribution in [0.25, 0.3) is 0 Å². The summed E-state index contributed by atoms with van der Waals surface area (Å²) in [4.78, 5) is 0. The maximum Gasteiger partial charge on any atom is 0.573 e. The minimum absolute atomic E-state index is 0.0456. The second kappa shape index (κ2) is 3.57. The van der Waals surface area contributed by atoms with Crippen molar-refractivity contribution < 1.29 is 17.9 Å². The molecule has 1 rings (SSSR count). The Balaban J connectivity index is 3.02. The summed E-state index contributed by atoms with van der Waals surface area (Å²) in [6.45, 7) is 1.55. The summed E-state index contributed by atoms with van der Waals surface area (Å²) in [5.41, 5.74) is 6.14. The van der Waals surface area contributed by atoms with Crippen LogP contribution in [0, 0.1) is 6.92 Å². The summed E-state index contributed by atoms with van der Waals surface area (Å²) in [6, 6.07) is 2.20. The van der Waals surface area contributed by atoms with Gasteiger partial charge < -0.3 is 10.5 Å². The number of aryl methyl sites for hydroxylation is 1. The number of alkyl halides is 3. The molecule has 0 heterocycles. The summed E-state index contributed by atoms with van der Waals surface area (Å²) in [5.74, 6) is -0.366. The number of nitrogens with two attached hydrogens (primary N) is 1. The van der Waals surface area contributed by atoms with E-state index in [9.17, 15) is 13.2 Å². The monoisotopic (exact) mass is 225 g/mol. The number of anilines is 1. The van der Waals surface area contributed by atoms with Crippen LogP contribution in [0.15, 0.2) is 12.1 Å². The highest BCUT2D eigenvalue weighted by molar-refractivity contribution is 6.33. The Labute approximate surface area is 83.4 Å². The van der Waals surface area contributed by atoms with Crippen LogP contribution in [-0.4, -0.2) is 6.36 Å². The van der Waals surface area contributed by atoms with Gasteiger partial charge in [-0.15, -0.1) is 13.2 Å². The van der Waals surface area contributed by atoms with Gasteiger partial charge >= 0.3 is 6.36 Å². The molecule has 0 unspecified atom stereocenters. The number of rotatable bonds is 1. The lowest BCUT2D eigenvalue weighted by Crippen LogP contribution is -2.17. The number of benzene rings is 1. The Bertz CT molecular complexity index is 328. The molecule has 0 aromatic heterocycles. The van der Waals surface area contributed by atoms with Gasteiger partial charge in [0.25, 0.3) is 0 Å². The van der Waals surface area contributed by atoms with Gasteiger partial charge in [0.15, 0.2) is 0 Å². The summed E-state index contributed by atoms with van der Waals surface area (Å²) in [6.07, 6.45) is -4.72. The van der Waals surface area contributed by atoms with E-state index in [4.69, 9.17) is 17.3 Å². The van der Waals surface area contributed by atoms with Crippen molar-refractivity contribution in [3.8, 4) is 5.75 Å². The molecule has 0 aliphatic carbocycles. The van der Waals surface area contributed by atoms with Crippen LogP contribution < -0.4 is 10.5 Å². The minimum atomic E-state index is -4.72. The molecule has 0 amide bonds. The van der Waals surface area contributed by atoms with Crippen LogP contribution in [0.1, 0.15) is 5.56 Å². The molecule has 1 aromatic carbocycles. The van der Waals surface area contributed by atoms with Crippen molar-refractivity contribution in [2.24, 2.45) is 0 Å². The van der Waals surface area contributed by atoms with Crippen molar-refractivity contribution in [3.05, 3.63) is 22.7 Å². The van der Waals surface area contributed by atoms with Crippen LogP contribution in [0.5, 0.6) is 5.75 Å². The number of nitrogen functional groups attached to an aromatic ring is 1. The third-order valence-electron chi connectivity index (χ3n) is 1.54. The highest BCUT2D eigenvalue weighted by atomic mass is 35.5. The Morgan fingerprint density at radius 2 is 1.93 bits per heavy atom. The van der Waals surface area contributed by atoms with Crippen LogP contribution >= 0.6 is 11.6 Å². The van der Waals surface area contributed by atoms with Crippen molar-refractivity contribution in [1.82, 2.24) is 0 Å². The smallest absolute Gasteiger partial charge is 0.406 e. The van der Waals surface area contributed by atoms with E-state index in [1.54, 1.807) is 6.92 Å². The zero-order chi connectivity index (χ0) is 10.9. The first-order valence-corrected chi connectivity index (χ1v) is 3.99. The first kappa shape index (κ1) is 11.0. The van der Waals surface area contributed by atoms with Gasteiger partial charge in [0.2, 0.25) is 0 Å². The topological polar surface area (TPSA) is 35.2 Å². The standard InChI is InChI=1S/C8H7ClF3NO/c1-4-2-5(14-8(10,11)12)3-6(9)7(4)13/h2-3H,13H2,1H3. The predicted octanol–water partition coefficient (Wildman–Crippen LogP) is 3.13. The molecule has 0 saturated carbocycles. The quantitative estimate of drug-likeness (QED) is 0.746. The van der Waals surface area contributed by atoms with Crippen molar-refractivity contribution >= 4 is 17.3 Å². The fourth-order valence-electron chi connectivity index (χ4n) is 0.916.